The number of rotatable bonds is 3. The van der Waals surface area contributed by atoms with Crippen LogP contribution in [0.25, 0.3) is 0 Å². The number of nitrogens with one attached hydrogen (secondary N) is 1. The Balaban J connectivity index is 2.30. The highest BCUT2D eigenvalue weighted by atomic mass is 32.2. The van der Waals surface area contributed by atoms with Crippen molar-refractivity contribution in [3.63, 3.8) is 0 Å². The van der Waals surface area contributed by atoms with E-state index in [1.807, 2.05) is 0 Å². The van der Waals surface area contributed by atoms with E-state index in [9.17, 15) is 0 Å². The molecule has 0 radical (unpaired) electrons. The minimum atomic E-state index is 0.684. The SMILES string of the molecule is SCCSc1nn[nH]n1. The predicted molar refractivity (Wildman–Crippen MR) is 38.8 cm³/mol. The standard InChI is InChI=1S/C3H6N4S2/c8-1-2-9-3-4-6-7-5-3/h8H,1-2H2,(H,4,5,6,7). The van der Waals surface area contributed by atoms with E-state index >= 15 is 0 Å². The van der Waals surface area contributed by atoms with Crippen LogP contribution in [0.15, 0.2) is 5.16 Å². The molecule has 0 fully saturated rings. The lowest BCUT2D eigenvalue weighted by molar-refractivity contribution is 0.881. The van der Waals surface area contributed by atoms with Crippen molar-refractivity contribution in [2.24, 2.45) is 0 Å². The molecule has 1 N–H and O–H groups in total. The first-order chi connectivity index (χ1) is 4.43. The molecular formula is C3H6N4S2. The van der Waals surface area contributed by atoms with Crippen LogP contribution in [0.4, 0.5) is 0 Å². The van der Waals surface area contributed by atoms with E-state index in [0.29, 0.717) is 5.16 Å². The van der Waals surface area contributed by atoms with Crippen LogP contribution in [0, 0.1) is 0 Å². The summed E-state index contributed by atoms with van der Waals surface area (Å²) in [5, 5.41) is 13.9. The van der Waals surface area contributed by atoms with E-state index in [1.54, 1.807) is 0 Å². The lowest BCUT2D eigenvalue weighted by atomic mass is 11.0. The molecule has 0 amide bonds. The number of aromatic amines is 1. The van der Waals surface area contributed by atoms with Crippen molar-refractivity contribution in [3.8, 4) is 0 Å². The van der Waals surface area contributed by atoms with Gasteiger partial charge in [-0.3, -0.25) is 0 Å². The molecule has 9 heavy (non-hydrogen) atoms. The van der Waals surface area contributed by atoms with Gasteiger partial charge in [-0.2, -0.15) is 17.8 Å². The first kappa shape index (κ1) is 6.88. The third-order valence-electron chi connectivity index (χ3n) is 0.648. The number of thioether (sulfide) groups is 1. The van der Waals surface area contributed by atoms with Crippen LogP contribution in [0.1, 0.15) is 0 Å². The van der Waals surface area contributed by atoms with E-state index in [2.05, 4.69) is 33.3 Å². The lowest BCUT2D eigenvalue weighted by Gasteiger charge is -1.86. The zero-order valence-corrected chi connectivity index (χ0v) is 6.32. The first-order valence-corrected chi connectivity index (χ1v) is 4.02. The molecule has 1 rings (SSSR count). The quantitative estimate of drug-likeness (QED) is 0.493. The topological polar surface area (TPSA) is 54.5 Å². The monoisotopic (exact) mass is 162 g/mol. The number of thiol groups is 1. The van der Waals surface area contributed by atoms with Crippen molar-refractivity contribution in [1.82, 2.24) is 20.6 Å². The summed E-state index contributed by atoms with van der Waals surface area (Å²) in [5.74, 6) is 1.75. The Hall–Kier alpha value is -0.230. The molecule has 0 aliphatic rings. The number of aromatic nitrogens is 4. The van der Waals surface area contributed by atoms with Gasteiger partial charge in [0.2, 0.25) is 5.16 Å². The Morgan fingerprint density at radius 1 is 1.67 bits per heavy atom. The zero-order chi connectivity index (χ0) is 6.53. The largest absolute Gasteiger partial charge is 0.230 e. The van der Waals surface area contributed by atoms with Crippen molar-refractivity contribution in [2.75, 3.05) is 11.5 Å². The fourth-order valence-electron chi connectivity index (χ4n) is 0.351. The average Bonchev–Trinajstić information content (AvgIpc) is 2.34. The molecule has 0 aromatic carbocycles. The number of hydrogen-bond acceptors (Lipinski definition) is 5. The van der Waals surface area contributed by atoms with Gasteiger partial charge < -0.3 is 0 Å². The molecule has 0 aliphatic carbocycles. The van der Waals surface area contributed by atoms with Crippen molar-refractivity contribution in [1.29, 1.82) is 0 Å². The van der Waals surface area contributed by atoms with Gasteiger partial charge in [0.05, 0.1) is 0 Å². The molecule has 1 aromatic rings. The van der Waals surface area contributed by atoms with Crippen LogP contribution >= 0.6 is 24.4 Å². The maximum atomic E-state index is 4.02. The van der Waals surface area contributed by atoms with Crippen LogP contribution in [-0.2, 0) is 0 Å². The summed E-state index contributed by atoms with van der Waals surface area (Å²) in [6, 6.07) is 0. The Bertz CT molecular complexity index is 151. The molecule has 0 unspecified atom stereocenters. The van der Waals surface area contributed by atoms with Crippen molar-refractivity contribution in [3.05, 3.63) is 0 Å². The molecule has 0 atom stereocenters. The number of nitrogens with zero attached hydrogens (tertiary/aromatic N) is 3. The average molecular weight is 162 g/mol. The van der Waals surface area contributed by atoms with Gasteiger partial charge in [0, 0.05) is 5.75 Å². The van der Waals surface area contributed by atoms with Gasteiger partial charge in [0.25, 0.3) is 0 Å². The van der Waals surface area contributed by atoms with Crippen LogP contribution in [0.5, 0.6) is 0 Å². The minimum Gasteiger partial charge on any atom is -0.178 e. The summed E-state index contributed by atoms with van der Waals surface area (Å²) in [6.45, 7) is 0. The molecule has 1 aromatic heterocycles. The molecule has 50 valence electrons. The van der Waals surface area contributed by atoms with Crippen LogP contribution in [0.2, 0.25) is 0 Å². The fraction of sp³-hybridized carbons (Fsp3) is 0.667. The number of hydrogen-bond donors (Lipinski definition) is 2. The molecule has 6 heteroatoms. The minimum absolute atomic E-state index is 0.684. The van der Waals surface area contributed by atoms with Gasteiger partial charge in [0.15, 0.2) is 0 Å². The summed E-state index contributed by atoms with van der Waals surface area (Å²) in [7, 11) is 0. The smallest absolute Gasteiger partial charge is 0.178 e. The highest BCUT2D eigenvalue weighted by Gasteiger charge is 1.94. The second kappa shape index (κ2) is 3.73. The van der Waals surface area contributed by atoms with Crippen LogP contribution < -0.4 is 0 Å². The molecule has 1 heterocycles. The zero-order valence-electron chi connectivity index (χ0n) is 4.61. The highest BCUT2D eigenvalue weighted by molar-refractivity contribution is 7.99. The fourth-order valence-corrected chi connectivity index (χ4v) is 1.10. The second-order valence-electron chi connectivity index (χ2n) is 1.27. The molecule has 0 saturated carbocycles. The summed E-state index contributed by atoms with van der Waals surface area (Å²) in [5.41, 5.74) is 0. The van der Waals surface area contributed by atoms with E-state index in [0.717, 1.165) is 11.5 Å². The van der Waals surface area contributed by atoms with Gasteiger partial charge in [-0.1, -0.05) is 11.8 Å². The van der Waals surface area contributed by atoms with Crippen LogP contribution in [0.3, 0.4) is 0 Å². The van der Waals surface area contributed by atoms with Crippen LogP contribution in [-0.4, -0.2) is 32.1 Å². The van der Waals surface area contributed by atoms with E-state index < -0.39 is 0 Å². The maximum Gasteiger partial charge on any atom is 0.230 e. The summed E-state index contributed by atoms with van der Waals surface area (Å²) >= 11 is 5.56. The van der Waals surface area contributed by atoms with Crippen molar-refractivity contribution < 1.29 is 0 Å². The summed E-state index contributed by atoms with van der Waals surface area (Å²) in [6.07, 6.45) is 0. The third-order valence-corrected chi connectivity index (χ3v) is 2.01. The van der Waals surface area contributed by atoms with Gasteiger partial charge in [-0.05, 0) is 11.0 Å². The molecule has 0 aliphatic heterocycles. The van der Waals surface area contributed by atoms with Gasteiger partial charge in [-0.15, -0.1) is 10.2 Å². The summed E-state index contributed by atoms with van der Waals surface area (Å²) in [4.78, 5) is 0. The molecule has 4 nitrogen and oxygen atoms in total. The third kappa shape index (κ3) is 2.23. The van der Waals surface area contributed by atoms with Gasteiger partial charge in [-0.25, -0.2) is 0 Å². The van der Waals surface area contributed by atoms with Crippen molar-refractivity contribution >= 4 is 24.4 Å². The molecule has 0 spiro atoms. The van der Waals surface area contributed by atoms with Gasteiger partial charge >= 0.3 is 0 Å². The lowest BCUT2D eigenvalue weighted by Crippen LogP contribution is -1.80. The van der Waals surface area contributed by atoms with Crippen molar-refractivity contribution in [2.45, 2.75) is 5.16 Å². The Morgan fingerprint density at radius 2 is 2.56 bits per heavy atom. The second-order valence-corrected chi connectivity index (χ2v) is 2.78. The molecular weight excluding hydrogens is 156 g/mol. The molecule has 0 saturated heterocycles. The Morgan fingerprint density at radius 3 is 3.11 bits per heavy atom. The number of tetrazole rings is 1. The van der Waals surface area contributed by atoms with E-state index in [-0.39, 0.29) is 0 Å². The Kier molecular flexibility index (Phi) is 2.85. The normalized spacial score (nSPS) is 9.89. The van der Waals surface area contributed by atoms with Gasteiger partial charge in [0.1, 0.15) is 0 Å². The molecule has 0 bridgehead atoms. The summed E-state index contributed by atoms with van der Waals surface area (Å²) < 4.78 is 0. The maximum absolute atomic E-state index is 4.02. The van der Waals surface area contributed by atoms with E-state index in [1.165, 1.54) is 11.8 Å². The highest BCUT2D eigenvalue weighted by Crippen LogP contribution is 2.08. The number of H-pyrrole nitrogens is 1. The Labute approximate surface area is 62.2 Å². The predicted octanol–water partition coefficient (Wildman–Crippen LogP) is 0.222. The van der Waals surface area contributed by atoms with E-state index in [4.69, 9.17) is 0 Å². The first-order valence-electron chi connectivity index (χ1n) is 2.40.